The second-order valence-electron chi connectivity index (χ2n) is 7.16. The molecule has 0 amide bonds. The topological polar surface area (TPSA) is 81.4 Å². The fourth-order valence-electron chi connectivity index (χ4n) is 3.89. The van der Waals surface area contributed by atoms with Crippen LogP contribution in [0.2, 0.25) is 0 Å². The first-order valence-electron chi connectivity index (χ1n) is 10.7. The summed E-state index contributed by atoms with van der Waals surface area (Å²) >= 11 is 1.38. The average Bonchev–Trinajstić information content (AvgIpc) is 3.47. The van der Waals surface area contributed by atoms with E-state index in [0.29, 0.717) is 13.2 Å². The van der Waals surface area contributed by atoms with Gasteiger partial charge < -0.3 is 14.4 Å². The lowest BCUT2D eigenvalue weighted by atomic mass is 9.88. The van der Waals surface area contributed by atoms with E-state index in [9.17, 15) is 14.7 Å². The quantitative estimate of drug-likeness (QED) is 0.587. The molecule has 3 aromatic rings. The Bertz CT molecular complexity index is 1130. The van der Waals surface area contributed by atoms with E-state index >= 15 is 0 Å². The Balaban J connectivity index is 0.000000504. The lowest BCUT2D eigenvalue weighted by molar-refractivity contribution is 0.0694. The summed E-state index contributed by atoms with van der Waals surface area (Å²) in [5.74, 6) is -0.273. The summed E-state index contributed by atoms with van der Waals surface area (Å²) < 4.78 is 12.0. The Hall–Kier alpha value is -2.93. The van der Waals surface area contributed by atoms with Crippen molar-refractivity contribution in [1.82, 2.24) is 8.94 Å². The number of aromatic carboxylic acids is 1. The molecular weight excluding hydrogens is 412 g/mol. The highest BCUT2D eigenvalue weighted by atomic mass is 32.1. The van der Waals surface area contributed by atoms with Crippen molar-refractivity contribution in [3.63, 3.8) is 0 Å². The van der Waals surface area contributed by atoms with E-state index in [2.05, 4.69) is 18.2 Å². The zero-order valence-electron chi connectivity index (χ0n) is 18.4. The predicted molar refractivity (Wildman–Crippen MR) is 124 cm³/mol. The standard InChI is InChI=1S/C19H14N2O4S.C3H8.C2H6/c22-17-6-16-14-5-13(10-7-20-26-9-10)18-12(2-4-25-18)11(14)1-3-21(16)8-15(17)19(23)24;1-3-2;1-2/h5-9H,1-4H2,(H,23,24);3H2,1-2H3;1-2H3. The molecule has 2 aliphatic rings. The molecule has 0 bridgehead atoms. The van der Waals surface area contributed by atoms with Crippen LogP contribution in [0.5, 0.6) is 5.75 Å². The van der Waals surface area contributed by atoms with E-state index in [1.807, 2.05) is 36.1 Å². The van der Waals surface area contributed by atoms with Gasteiger partial charge in [-0.2, -0.15) is 0 Å². The number of benzene rings is 1. The Morgan fingerprint density at radius 2 is 1.94 bits per heavy atom. The van der Waals surface area contributed by atoms with Crippen molar-refractivity contribution in [3.8, 4) is 28.1 Å². The highest BCUT2D eigenvalue weighted by molar-refractivity contribution is 7.03. The Morgan fingerprint density at radius 1 is 1.19 bits per heavy atom. The van der Waals surface area contributed by atoms with Gasteiger partial charge in [0.2, 0.25) is 0 Å². The van der Waals surface area contributed by atoms with E-state index in [0.717, 1.165) is 41.0 Å². The van der Waals surface area contributed by atoms with E-state index in [1.165, 1.54) is 41.3 Å². The number of ether oxygens (including phenoxy) is 1. The first-order chi connectivity index (χ1) is 15.0. The summed E-state index contributed by atoms with van der Waals surface area (Å²) in [6, 6.07) is 3.49. The van der Waals surface area contributed by atoms with Gasteiger partial charge in [-0.3, -0.25) is 4.79 Å². The van der Waals surface area contributed by atoms with Gasteiger partial charge in [0.1, 0.15) is 11.3 Å². The summed E-state index contributed by atoms with van der Waals surface area (Å²) in [6.45, 7) is 9.55. The normalized spacial score (nSPS) is 12.8. The second kappa shape index (κ2) is 9.92. The van der Waals surface area contributed by atoms with Gasteiger partial charge in [-0.05, 0) is 29.6 Å². The number of carbonyl (C=O) groups is 1. The molecule has 2 aromatic heterocycles. The van der Waals surface area contributed by atoms with E-state index in [4.69, 9.17) is 4.74 Å². The monoisotopic (exact) mass is 440 g/mol. The molecule has 4 heterocycles. The predicted octanol–water partition coefficient (Wildman–Crippen LogP) is 5.27. The number of aryl methyl sites for hydroxylation is 1. The summed E-state index contributed by atoms with van der Waals surface area (Å²) in [4.78, 5) is 23.5. The molecule has 0 saturated carbocycles. The zero-order chi connectivity index (χ0) is 22.5. The molecule has 2 aliphatic heterocycles. The van der Waals surface area contributed by atoms with Crippen LogP contribution in [0.25, 0.3) is 22.4 Å². The van der Waals surface area contributed by atoms with Crippen molar-refractivity contribution in [2.75, 3.05) is 6.61 Å². The van der Waals surface area contributed by atoms with E-state index in [1.54, 1.807) is 0 Å². The molecule has 0 fully saturated rings. The number of hydrogen-bond acceptors (Lipinski definition) is 5. The molecule has 31 heavy (non-hydrogen) atoms. The minimum absolute atomic E-state index is 0.191. The zero-order valence-corrected chi connectivity index (χ0v) is 19.2. The van der Waals surface area contributed by atoms with Crippen molar-refractivity contribution in [1.29, 1.82) is 0 Å². The summed E-state index contributed by atoms with van der Waals surface area (Å²) in [5, 5.41) is 11.2. The smallest absolute Gasteiger partial charge is 0.341 e. The Kier molecular flexibility index (Phi) is 7.28. The van der Waals surface area contributed by atoms with Crippen LogP contribution in [-0.4, -0.2) is 26.6 Å². The van der Waals surface area contributed by atoms with Gasteiger partial charge in [-0.1, -0.05) is 34.1 Å². The van der Waals surface area contributed by atoms with Gasteiger partial charge in [-0.25, -0.2) is 9.17 Å². The molecule has 5 rings (SSSR count). The van der Waals surface area contributed by atoms with Gasteiger partial charge in [-0.15, -0.1) is 0 Å². The number of rotatable bonds is 2. The molecule has 0 radical (unpaired) electrons. The van der Waals surface area contributed by atoms with Crippen LogP contribution in [-0.2, 0) is 19.4 Å². The molecule has 1 N–H and O–H groups in total. The highest BCUT2D eigenvalue weighted by Gasteiger charge is 2.28. The van der Waals surface area contributed by atoms with Gasteiger partial charge >= 0.3 is 5.97 Å². The van der Waals surface area contributed by atoms with Crippen molar-refractivity contribution >= 4 is 17.5 Å². The largest absolute Gasteiger partial charge is 0.492 e. The van der Waals surface area contributed by atoms with Gasteiger partial charge in [0.25, 0.3) is 0 Å². The van der Waals surface area contributed by atoms with Crippen molar-refractivity contribution < 1.29 is 14.6 Å². The number of pyridine rings is 1. The number of carboxylic acid groups (broad SMARTS) is 1. The lowest BCUT2D eigenvalue weighted by Gasteiger charge is -2.25. The van der Waals surface area contributed by atoms with E-state index < -0.39 is 11.4 Å². The average molecular weight is 441 g/mol. The van der Waals surface area contributed by atoms with Crippen molar-refractivity contribution in [3.05, 3.63) is 56.8 Å². The van der Waals surface area contributed by atoms with Gasteiger partial charge in [0.05, 0.1) is 12.3 Å². The van der Waals surface area contributed by atoms with Crippen LogP contribution in [0.1, 0.15) is 55.6 Å². The van der Waals surface area contributed by atoms with Crippen LogP contribution in [0.3, 0.4) is 0 Å². The molecule has 0 spiro atoms. The maximum absolute atomic E-state index is 12.3. The molecule has 0 saturated heterocycles. The first-order valence-corrected chi connectivity index (χ1v) is 11.6. The number of carboxylic acids is 1. The first kappa shape index (κ1) is 22.7. The van der Waals surface area contributed by atoms with Crippen LogP contribution in [0.4, 0.5) is 0 Å². The van der Waals surface area contributed by atoms with Crippen molar-refractivity contribution in [2.24, 2.45) is 0 Å². The number of nitrogens with zero attached hydrogens (tertiary/aromatic N) is 2. The van der Waals surface area contributed by atoms with Crippen LogP contribution in [0, 0.1) is 0 Å². The molecule has 7 heteroatoms. The van der Waals surface area contributed by atoms with Crippen LogP contribution < -0.4 is 10.2 Å². The molecule has 1 aromatic carbocycles. The SMILES string of the molecule is CC.CCC.O=C(O)c1cn2c(cc1=O)-c1cc(-c3cnsc3)c3c(c1CC2)CCO3. The number of hydrogen-bond donors (Lipinski definition) is 1. The Labute approximate surface area is 186 Å². The summed E-state index contributed by atoms with van der Waals surface area (Å²) in [7, 11) is 0. The minimum Gasteiger partial charge on any atom is -0.492 e. The number of fused-ring (bicyclic) bond motifs is 5. The maximum atomic E-state index is 12.3. The molecular formula is C24H28N2O4S. The van der Waals surface area contributed by atoms with Gasteiger partial charge in [0.15, 0.2) is 5.43 Å². The third kappa shape index (κ3) is 4.28. The third-order valence-corrected chi connectivity index (χ3v) is 5.66. The molecule has 6 nitrogen and oxygen atoms in total. The number of aromatic nitrogens is 2. The van der Waals surface area contributed by atoms with E-state index in [-0.39, 0.29) is 5.56 Å². The minimum atomic E-state index is -1.19. The lowest BCUT2D eigenvalue weighted by Crippen LogP contribution is -2.22. The van der Waals surface area contributed by atoms with Crippen LogP contribution >= 0.6 is 11.5 Å². The van der Waals surface area contributed by atoms with Crippen molar-refractivity contribution in [2.45, 2.75) is 53.5 Å². The summed E-state index contributed by atoms with van der Waals surface area (Å²) in [5.41, 5.74) is 5.47. The second-order valence-corrected chi connectivity index (χ2v) is 7.82. The fourth-order valence-corrected chi connectivity index (χ4v) is 4.43. The Morgan fingerprint density at radius 3 is 2.58 bits per heavy atom. The van der Waals surface area contributed by atoms with Crippen LogP contribution in [0.15, 0.2) is 34.7 Å². The molecule has 0 aliphatic carbocycles. The maximum Gasteiger partial charge on any atom is 0.341 e. The molecule has 164 valence electrons. The molecule has 0 unspecified atom stereocenters. The summed E-state index contributed by atoms with van der Waals surface area (Å²) in [6.07, 6.45) is 6.16. The third-order valence-electron chi connectivity index (χ3n) is 5.08. The van der Waals surface area contributed by atoms with Gasteiger partial charge in [0, 0.05) is 59.1 Å². The fraction of sp³-hybridized carbons (Fsp3) is 0.375. The molecule has 0 atom stereocenters. The highest BCUT2D eigenvalue weighted by Crippen LogP contribution is 2.45.